The number of hydrogen-bond donors (Lipinski definition) is 2. The lowest BCUT2D eigenvalue weighted by atomic mass is 9.90. The van der Waals surface area contributed by atoms with Crippen LogP contribution in [0.15, 0.2) is 24.3 Å². The van der Waals surface area contributed by atoms with Crippen LogP contribution in [0.1, 0.15) is 37.2 Å². The van der Waals surface area contributed by atoms with E-state index >= 15 is 0 Å². The Morgan fingerprint density at radius 2 is 2.00 bits per heavy atom. The SMILES string of the molecule is CNCCCCOc1ccc(C2CCC(=O)NC2=O)cc1. The van der Waals surface area contributed by atoms with Gasteiger partial charge in [0.1, 0.15) is 5.75 Å². The third-order valence-electron chi connectivity index (χ3n) is 3.61. The average Bonchev–Trinajstić information content (AvgIpc) is 2.48. The number of amides is 2. The number of hydrogen-bond acceptors (Lipinski definition) is 4. The predicted molar refractivity (Wildman–Crippen MR) is 80.2 cm³/mol. The molecule has 114 valence electrons. The highest BCUT2D eigenvalue weighted by molar-refractivity contribution is 6.00. The van der Waals surface area contributed by atoms with E-state index in [-0.39, 0.29) is 17.7 Å². The van der Waals surface area contributed by atoms with Crippen LogP contribution in [0.3, 0.4) is 0 Å². The van der Waals surface area contributed by atoms with E-state index in [9.17, 15) is 9.59 Å². The van der Waals surface area contributed by atoms with E-state index in [0.29, 0.717) is 19.4 Å². The molecule has 21 heavy (non-hydrogen) atoms. The minimum Gasteiger partial charge on any atom is -0.494 e. The van der Waals surface area contributed by atoms with Crippen LogP contribution in [-0.4, -0.2) is 32.0 Å². The normalized spacial score (nSPS) is 18.4. The second kappa shape index (κ2) is 7.78. The summed E-state index contributed by atoms with van der Waals surface area (Å²) in [6.07, 6.45) is 3.08. The molecule has 2 rings (SSSR count). The monoisotopic (exact) mass is 290 g/mol. The second-order valence-electron chi connectivity index (χ2n) is 5.23. The van der Waals surface area contributed by atoms with Crippen LogP contribution in [0.25, 0.3) is 0 Å². The fraction of sp³-hybridized carbons (Fsp3) is 0.500. The first-order chi connectivity index (χ1) is 10.2. The molecule has 0 spiro atoms. The van der Waals surface area contributed by atoms with Gasteiger partial charge < -0.3 is 10.1 Å². The zero-order valence-electron chi connectivity index (χ0n) is 12.4. The van der Waals surface area contributed by atoms with Gasteiger partial charge in [-0.2, -0.15) is 0 Å². The van der Waals surface area contributed by atoms with E-state index in [2.05, 4.69) is 10.6 Å². The number of nitrogens with one attached hydrogen (secondary N) is 2. The molecule has 1 saturated heterocycles. The molecule has 0 bridgehead atoms. The van der Waals surface area contributed by atoms with Crippen molar-refractivity contribution in [3.63, 3.8) is 0 Å². The molecule has 0 aliphatic carbocycles. The van der Waals surface area contributed by atoms with Crippen molar-refractivity contribution in [1.29, 1.82) is 0 Å². The quantitative estimate of drug-likeness (QED) is 0.591. The summed E-state index contributed by atoms with van der Waals surface area (Å²) < 4.78 is 5.66. The highest BCUT2D eigenvalue weighted by atomic mass is 16.5. The maximum Gasteiger partial charge on any atom is 0.234 e. The topological polar surface area (TPSA) is 67.4 Å². The molecular weight excluding hydrogens is 268 g/mol. The van der Waals surface area contributed by atoms with E-state index < -0.39 is 0 Å². The summed E-state index contributed by atoms with van der Waals surface area (Å²) in [6.45, 7) is 1.69. The molecule has 2 amide bonds. The maximum absolute atomic E-state index is 11.8. The number of carbonyl (C=O) groups is 2. The average molecular weight is 290 g/mol. The van der Waals surface area contributed by atoms with Gasteiger partial charge in [-0.1, -0.05) is 12.1 Å². The zero-order valence-corrected chi connectivity index (χ0v) is 12.4. The van der Waals surface area contributed by atoms with E-state index in [0.717, 1.165) is 30.7 Å². The number of benzene rings is 1. The van der Waals surface area contributed by atoms with Gasteiger partial charge in [-0.15, -0.1) is 0 Å². The van der Waals surface area contributed by atoms with Gasteiger partial charge in [0.05, 0.1) is 12.5 Å². The van der Waals surface area contributed by atoms with Crippen LogP contribution in [0.5, 0.6) is 5.75 Å². The van der Waals surface area contributed by atoms with Crippen LogP contribution in [0.4, 0.5) is 0 Å². The Hall–Kier alpha value is -1.88. The van der Waals surface area contributed by atoms with Crippen molar-refractivity contribution >= 4 is 11.8 Å². The van der Waals surface area contributed by atoms with E-state index in [4.69, 9.17) is 4.74 Å². The molecule has 1 aliphatic heterocycles. The summed E-state index contributed by atoms with van der Waals surface area (Å²) in [4.78, 5) is 22.9. The molecule has 1 aromatic rings. The first kappa shape index (κ1) is 15.5. The summed E-state index contributed by atoms with van der Waals surface area (Å²) in [7, 11) is 1.94. The van der Waals surface area contributed by atoms with E-state index in [1.807, 2.05) is 31.3 Å². The zero-order chi connectivity index (χ0) is 15.1. The molecule has 1 unspecified atom stereocenters. The van der Waals surface area contributed by atoms with E-state index in [1.165, 1.54) is 0 Å². The Bertz CT molecular complexity index is 485. The molecular formula is C16H22N2O3. The Morgan fingerprint density at radius 1 is 1.24 bits per heavy atom. The second-order valence-corrected chi connectivity index (χ2v) is 5.23. The van der Waals surface area contributed by atoms with Crippen LogP contribution in [-0.2, 0) is 9.59 Å². The van der Waals surface area contributed by atoms with Crippen molar-refractivity contribution in [2.75, 3.05) is 20.2 Å². The van der Waals surface area contributed by atoms with Crippen LogP contribution < -0.4 is 15.4 Å². The molecule has 5 nitrogen and oxygen atoms in total. The Morgan fingerprint density at radius 3 is 2.67 bits per heavy atom. The summed E-state index contributed by atoms with van der Waals surface area (Å²) >= 11 is 0. The largest absolute Gasteiger partial charge is 0.494 e. The van der Waals surface area contributed by atoms with Crippen molar-refractivity contribution in [3.05, 3.63) is 29.8 Å². The van der Waals surface area contributed by atoms with Gasteiger partial charge in [-0.25, -0.2) is 0 Å². The molecule has 1 aromatic carbocycles. The fourth-order valence-corrected chi connectivity index (χ4v) is 2.40. The standard InChI is InChI=1S/C16H22N2O3/c1-17-10-2-3-11-21-13-6-4-12(5-7-13)14-8-9-15(19)18-16(14)20/h4-7,14,17H,2-3,8-11H2,1H3,(H,18,19,20). The lowest BCUT2D eigenvalue weighted by Gasteiger charge is -2.21. The molecule has 0 saturated carbocycles. The van der Waals surface area contributed by atoms with Crippen LogP contribution in [0.2, 0.25) is 0 Å². The molecule has 1 fully saturated rings. The summed E-state index contributed by atoms with van der Waals surface area (Å²) in [5, 5.41) is 5.48. The minimum atomic E-state index is -0.229. The smallest absolute Gasteiger partial charge is 0.234 e. The lowest BCUT2D eigenvalue weighted by Crippen LogP contribution is -2.39. The van der Waals surface area contributed by atoms with Gasteiger partial charge >= 0.3 is 0 Å². The maximum atomic E-state index is 11.8. The highest BCUT2D eigenvalue weighted by Crippen LogP contribution is 2.26. The summed E-state index contributed by atoms with van der Waals surface area (Å²) in [5.74, 6) is 0.202. The third-order valence-corrected chi connectivity index (χ3v) is 3.61. The van der Waals surface area contributed by atoms with Gasteiger partial charge in [0, 0.05) is 6.42 Å². The number of rotatable bonds is 7. The fourth-order valence-electron chi connectivity index (χ4n) is 2.40. The first-order valence-electron chi connectivity index (χ1n) is 7.42. The molecule has 1 atom stereocenters. The third kappa shape index (κ3) is 4.56. The number of unbranched alkanes of at least 4 members (excludes halogenated alkanes) is 1. The minimum absolute atomic E-state index is 0.183. The Balaban J connectivity index is 1.84. The first-order valence-corrected chi connectivity index (χ1v) is 7.42. The van der Waals surface area contributed by atoms with Crippen LogP contribution in [0, 0.1) is 0 Å². The molecule has 0 aromatic heterocycles. The molecule has 1 aliphatic rings. The molecule has 5 heteroatoms. The van der Waals surface area contributed by atoms with Crippen molar-refractivity contribution < 1.29 is 14.3 Å². The summed E-state index contributed by atoms with van der Waals surface area (Å²) in [5.41, 5.74) is 0.933. The van der Waals surface area contributed by atoms with Gasteiger partial charge in [0.25, 0.3) is 0 Å². The van der Waals surface area contributed by atoms with Gasteiger partial charge in [-0.3, -0.25) is 14.9 Å². The van der Waals surface area contributed by atoms with Gasteiger partial charge in [-0.05, 0) is 50.6 Å². The lowest BCUT2D eigenvalue weighted by molar-refractivity contribution is -0.134. The number of carbonyl (C=O) groups excluding carboxylic acids is 2. The van der Waals surface area contributed by atoms with E-state index in [1.54, 1.807) is 0 Å². The highest BCUT2D eigenvalue weighted by Gasteiger charge is 2.27. The van der Waals surface area contributed by atoms with Gasteiger partial charge in [0.15, 0.2) is 0 Å². The van der Waals surface area contributed by atoms with Crippen molar-refractivity contribution in [1.82, 2.24) is 10.6 Å². The van der Waals surface area contributed by atoms with Gasteiger partial charge in [0.2, 0.25) is 11.8 Å². The van der Waals surface area contributed by atoms with Crippen molar-refractivity contribution in [2.24, 2.45) is 0 Å². The van der Waals surface area contributed by atoms with Crippen molar-refractivity contribution in [2.45, 2.75) is 31.6 Å². The molecule has 0 radical (unpaired) electrons. The van der Waals surface area contributed by atoms with Crippen molar-refractivity contribution in [3.8, 4) is 5.75 Å². The Kier molecular flexibility index (Phi) is 5.75. The number of imide groups is 1. The molecule has 1 heterocycles. The predicted octanol–water partition coefficient (Wildman–Crippen LogP) is 1.59. The number of piperidine rings is 1. The molecule has 2 N–H and O–H groups in total. The van der Waals surface area contributed by atoms with Crippen LogP contribution >= 0.6 is 0 Å². The number of ether oxygens (including phenoxy) is 1. The summed E-state index contributed by atoms with van der Waals surface area (Å²) in [6, 6.07) is 7.58. The Labute approximate surface area is 125 Å².